The number of aromatic nitrogens is 2. The maximum atomic E-state index is 2.72. The van der Waals surface area contributed by atoms with E-state index in [1.54, 1.807) is 0 Å². The number of benzene rings is 9. The molecule has 0 fully saturated rings. The molecule has 398 valence electrons. The molecule has 4 heterocycles. The molecule has 0 radical (unpaired) electrons. The van der Waals surface area contributed by atoms with Crippen LogP contribution < -0.4 is 32.8 Å². The number of hydrogen-bond donors (Lipinski definition) is 0. The molecular weight excluding hydrogens is 962 g/mol. The van der Waals surface area contributed by atoms with Crippen molar-refractivity contribution in [1.29, 1.82) is 0 Å². The van der Waals surface area contributed by atoms with E-state index in [1.807, 2.05) is 0 Å². The fourth-order valence-corrected chi connectivity index (χ4v) is 14.4. The van der Waals surface area contributed by atoms with Gasteiger partial charge in [0.05, 0.1) is 11.0 Å². The molecule has 2 aromatic heterocycles. The summed E-state index contributed by atoms with van der Waals surface area (Å²) in [5.74, 6) is 2.07. The molecule has 0 saturated carbocycles. The van der Waals surface area contributed by atoms with Crippen molar-refractivity contribution in [2.75, 3.05) is 0 Å². The summed E-state index contributed by atoms with van der Waals surface area (Å²) < 4.78 is 5.43. The quantitative estimate of drug-likeness (QED) is 0.121. The SMILES string of the molecule is CC(C)c1cc(C(C)C)c(B2c3cc4c(cc3-n3c5ccc(-c6ccccc6)cc5c5cccc2c53)B(c2c(C(C)C)cc(C(C)C)cc2C(C)C)c2cc(-c3ccccc3)cc3c5cc(C(C)(C)C)ccc5n-4c23)c(C(C)C)c1. The van der Waals surface area contributed by atoms with Crippen LogP contribution in [0.15, 0.2) is 164 Å². The normalized spacial score (nSPS) is 13.3. The first kappa shape index (κ1) is 52.1. The van der Waals surface area contributed by atoms with Gasteiger partial charge in [-0.3, -0.25) is 0 Å². The van der Waals surface area contributed by atoms with Crippen LogP contribution in [0.3, 0.4) is 0 Å². The molecule has 0 saturated heterocycles. The number of rotatable bonds is 10. The molecule has 13 rings (SSSR count). The van der Waals surface area contributed by atoms with Gasteiger partial charge in [0.15, 0.2) is 0 Å². The second-order valence-corrected chi connectivity index (χ2v) is 26.8. The summed E-state index contributed by atoms with van der Waals surface area (Å²) in [5.41, 5.74) is 31.3. The summed E-state index contributed by atoms with van der Waals surface area (Å²) >= 11 is 0. The third kappa shape index (κ3) is 8.04. The predicted octanol–water partition coefficient (Wildman–Crippen LogP) is 16.9. The van der Waals surface area contributed by atoms with Crippen molar-refractivity contribution in [3.05, 3.63) is 203 Å². The van der Waals surface area contributed by atoms with Crippen molar-refractivity contribution in [3.63, 3.8) is 0 Å². The monoisotopic (exact) mass is 1040 g/mol. The fraction of sp³-hybridized carbons (Fsp3) is 0.289. The highest BCUT2D eigenvalue weighted by molar-refractivity contribution is 7.00. The average Bonchev–Trinajstić information content (AvgIpc) is 4.04. The van der Waals surface area contributed by atoms with E-state index in [0.29, 0.717) is 35.5 Å². The molecule has 0 aliphatic carbocycles. The van der Waals surface area contributed by atoms with Crippen LogP contribution in [0, 0.1) is 0 Å². The summed E-state index contributed by atoms with van der Waals surface area (Å²) in [4.78, 5) is 0. The van der Waals surface area contributed by atoms with Gasteiger partial charge in [0, 0.05) is 44.0 Å². The van der Waals surface area contributed by atoms with Gasteiger partial charge >= 0.3 is 0 Å². The van der Waals surface area contributed by atoms with E-state index in [0.717, 1.165) is 0 Å². The highest BCUT2D eigenvalue weighted by atomic mass is 15.0. The summed E-state index contributed by atoms with van der Waals surface area (Å²) in [6.45, 7) is 35.9. The molecular formula is C76H78B2N2. The first-order valence-electron chi connectivity index (χ1n) is 30.1. The standard InChI is InChI=1S/C76H78B2N2/c1-43(2)52-34-57(45(5)6)72(58(35-52)46(7)8)77-64-28-22-27-56-61-33-51(49-23-18-16-19-24-49)29-31-68(61)79(74(56)64)70-42-66-71(41-65(70)77)80-69-32-30-55(76(13,14)15)40-62(69)63-38-54(50-25-20-17-21-26-50)39-67(75(63)80)78(66)73-59(47(9)10)36-53(44(3)4)37-60(73)48(11)12/h16-48H,1-15H3. The Labute approximate surface area is 477 Å². The van der Waals surface area contributed by atoms with Crippen LogP contribution in [0.25, 0.3) is 77.2 Å². The highest BCUT2D eigenvalue weighted by Gasteiger charge is 2.43. The van der Waals surface area contributed by atoms with E-state index in [2.05, 4.69) is 277 Å². The second-order valence-electron chi connectivity index (χ2n) is 26.8. The summed E-state index contributed by atoms with van der Waals surface area (Å²) in [6.07, 6.45) is 0. The van der Waals surface area contributed by atoms with Crippen LogP contribution in [0.4, 0.5) is 0 Å². The van der Waals surface area contributed by atoms with Gasteiger partial charge in [-0.25, -0.2) is 0 Å². The fourth-order valence-electron chi connectivity index (χ4n) is 14.4. The molecule has 11 aromatic rings. The molecule has 0 spiro atoms. The van der Waals surface area contributed by atoms with E-state index < -0.39 is 0 Å². The van der Waals surface area contributed by atoms with Gasteiger partial charge in [-0.1, -0.05) is 236 Å². The minimum atomic E-state index is -0.0585. The van der Waals surface area contributed by atoms with Crippen molar-refractivity contribution in [3.8, 4) is 33.6 Å². The topological polar surface area (TPSA) is 9.86 Å². The number of para-hydroxylation sites is 1. The van der Waals surface area contributed by atoms with Crippen LogP contribution in [0.1, 0.15) is 178 Å². The van der Waals surface area contributed by atoms with E-state index in [1.165, 1.54) is 149 Å². The Bertz CT molecular complexity index is 4230. The second kappa shape index (κ2) is 19.2. The maximum Gasteiger partial charge on any atom is 0.247 e. The lowest BCUT2D eigenvalue weighted by molar-refractivity contribution is 0.591. The average molecular weight is 1040 g/mol. The first-order chi connectivity index (χ1) is 38.3. The predicted molar refractivity (Wildman–Crippen MR) is 351 cm³/mol. The van der Waals surface area contributed by atoms with E-state index in [-0.39, 0.29) is 18.8 Å². The Morgan fingerprint density at radius 2 is 0.762 bits per heavy atom. The van der Waals surface area contributed by atoms with Gasteiger partial charge in [0.2, 0.25) is 13.4 Å². The van der Waals surface area contributed by atoms with Gasteiger partial charge < -0.3 is 9.13 Å². The van der Waals surface area contributed by atoms with Gasteiger partial charge in [-0.05, 0) is 166 Å². The third-order valence-corrected chi connectivity index (χ3v) is 18.6. The van der Waals surface area contributed by atoms with Crippen molar-refractivity contribution in [2.24, 2.45) is 0 Å². The summed E-state index contributed by atoms with van der Waals surface area (Å²) in [5, 5.41) is 5.26. The summed E-state index contributed by atoms with van der Waals surface area (Å²) in [7, 11) is 0. The van der Waals surface area contributed by atoms with Crippen molar-refractivity contribution in [2.45, 2.75) is 145 Å². The van der Waals surface area contributed by atoms with E-state index >= 15 is 0 Å². The number of fused-ring (bicyclic) bond motifs is 10. The molecule has 9 aromatic carbocycles. The molecule has 2 nitrogen and oxygen atoms in total. The van der Waals surface area contributed by atoms with Crippen LogP contribution in [-0.2, 0) is 5.41 Å². The first-order valence-corrected chi connectivity index (χ1v) is 30.1. The zero-order valence-electron chi connectivity index (χ0n) is 50.1. The maximum absolute atomic E-state index is 2.72. The molecule has 80 heavy (non-hydrogen) atoms. The molecule has 0 amide bonds. The summed E-state index contributed by atoms with van der Waals surface area (Å²) in [6, 6.07) is 64.9. The van der Waals surface area contributed by atoms with Gasteiger partial charge in [0.25, 0.3) is 0 Å². The minimum Gasteiger partial charge on any atom is -0.310 e. The van der Waals surface area contributed by atoms with Crippen LogP contribution in [-0.4, -0.2) is 22.6 Å². The molecule has 0 N–H and O–H groups in total. The largest absolute Gasteiger partial charge is 0.310 e. The lowest BCUT2D eigenvalue weighted by Crippen LogP contribution is -2.61. The van der Waals surface area contributed by atoms with E-state index in [4.69, 9.17) is 0 Å². The lowest BCUT2D eigenvalue weighted by atomic mass is 9.31. The molecule has 4 heteroatoms. The Morgan fingerprint density at radius 1 is 0.325 bits per heavy atom. The van der Waals surface area contributed by atoms with Crippen LogP contribution in [0.5, 0.6) is 0 Å². The van der Waals surface area contributed by atoms with Crippen molar-refractivity contribution >= 4 is 89.8 Å². The van der Waals surface area contributed by atoms with Crippen LogP contribution >= 0.6 is 0 Å². The number of hydrogen-bond acceptors (Lipinski definition) is 0. The molecule has 2 aliphatic rings. The van der Waals surface area contributed by atoms with Crippen molar-refractivity contribution in [1.82, 2.24) is 9.13 Å². The zero-order chi connectivity index (χ0) is 56.0. The van der Waals surface area contributed by atoms with E-state index in [9.17, 15) is 0 Å². The Kier molecular flexibility index (Phi) is 12.5. The highest BCUT2D eigenvalue weighted by Crippen LogP contribution is 2.42. The lowest BCUT2D eigenvalue weighted by Gasteiger charge is -2.36. The Balaban J connectivity index is 1.25. The number of nitrogens with zero attached hydrogens (tertiary/aromatic N) is 2. The minimum absolute atomic E-state index is 0.0201. The van der Waals surface area contributed by atoms with Crippen molar-refractivity contribution < 1.29 is 0 Å². The molecule has 0 atom stereocenters. The smallest absolute Gasteiger partial charge is 0.247 e. The van der Waals surface area contributed by atoms with Gasteiger partial charge in [-0.2, -0.15) is 0 Å². The molecule has 0 bridgehead atoms. The molecule has 2 aliphatic heterocycles. The van der Waals surface area contributed by atoms with Gasteiger partial charge in [-0.15, -0.1) is 0 Å². The Hall–Kier alpha value is -7.29. The third-order valence-electron chi connectivity index (χ3n) is 18.6. The van der Waals surface area contributed by atoms with Crippen LogP contribution in [0.2, 0.25) is 0 Å². The van der Waals surface area contributed by atoms with Gasteiger partial charge in [0.1, 0.15) is 0 Å². The molecule has 0 unspecified atom stereocenters. The Morgan fingerprint density at radius 3 is 1.24 bits per heavy atom. The zero-order valence-corrected chi connectivity index (χ0v) is 50.1.